The average Bonchev–Trinajstić information content (AvgIpc) is 3.50. The van der Waals surface area contributed by atoms with Gasteiger partial charge in [-0.25, -0.2) is 9.59 Å². The summed E-state index contributed by atoms with van der Waals surface area (Å²) < 4.78 is 51.8. The molecule has 2 aromatic rings. The van der Waals surface area contributed by atoms with Gasteiger partial charge in [0.2, 0.25) is 0 Å². The fourth-order valence-electron chi connectivity index (χ4n) is 6.25. The molecule has 264 valence electrons. The molecular weight excluding hydrogens is 639 g/mol. The molecule has 6 N–H and O–H groups in total. The number of H-pyrrole nitrogens is 2. The zero-order chi connectivity index (χ0) is 34.5. The van der Waals surface area contributed by atoms with E-state index in [1.807, 2.05) is 6.92 Å². The van der Waals surface area contributed by atoms with Crippen LogP contribution in [0.1, 0.15) is 50.0 Å². The lowest BCUT2D eigenvalue weighted by Gasteiger charge is -2.26. The fraction of sp³-hybridized carbons (Fsp3) is 0.724. The zero-order valence-electron chi connectivity index (χ0n) is 27.4. The molecule has 4 heterocycles. The maximum atomic E-state index is 13.7. The van der Waals surface area contributed by atoms with Crippen LogP contribution in [0.15, 0.2) is 31.6 Å². The highest BCUT2D eigenvalue weighted by molar-refractivity contribution is 7.53. The molecule has 3 unspecified atom stereocenters. The first-order valence-electron chi connectivity index (χ1n) is 15.7. The minimum Gasteiger partial charge on any atom is -0.382 e. The van der Waals surface area contributed by atoms with E-state index in [4.69, 9.17) is 39.5 Å². The van der Waals surface area contributed by atoms with Crippen LogP contribution in [0.2, 0.25) is 0 Å². The molecule has 0 bridgehead atoms. The van der Waals surface area contributed by atoms with Crippen molar-refractivity contribution in [2.75, 3.05) is 47.2 Å². The maximum absolute atomic E-state index is 13.7. The normalized spacial score (nSPS) is 28.9. The van der Waals surface area contributed by atoms with Gasteiger partial charge in [-0.15, -0.1) is 0 Å². The third-order valence-electron chi connectivity index (χ3n) is 8.65. The topological polar surface area (TPSA) is 234 Å². The van der Waals surface area contributed by atoms with Gasteiger partial charge in [-0.2, -0.15) is 0 Å². The molecule has 18 heteroatoms. The van der Waals surface area contributed by atoms with Crippen molar-refractivity contribution < 1.29 is 32.6 Å². The first-order valence-corrected chi connectivity index (χ1v) is 17.6. The molecule has 0 spiro atoms. The number of nitrogens with zero attached hydrogens (tertiary/aromatic N) is 2. The summed E-state index contributed by atoms with van der Waals surface area (Å²) in [5.74, 6) is -0.817. The number of methoxy groups -OCH3 is 2. The van der Waals surface area contributed by atoms with Crippen molar-refractivity contribution in [3.8, 4) is 0 Å². The molecule has 2 aliphatic rings. The average molecular weight is 687 g/mol. The van der Waals surface area contributed by atoms with Crippen molar-refractivity contribution in [2.45, 2.75) is 76.4 Å². The number of aromatic nitrogens is 4. The first-order chi connectivity index (χ1) is 22.3. The van der Waals surface area contributed by atoms with Crippen molar-refractivity contribution in [1.29, 1.82) is 0 Å². The van der Waals surface area contributed by atoms with Gasteiger partial charge < -0.3 is 48.6 Å². The van der Waals surface area contributed by atoms with Crippen LogP contribution in [0.4, 0.5) is 0 Å². The van der Waals surface area contributed by atoms with E-state index >= 15 is 0 Å². The van der Waals surface area contributed by atoms with E-state index in [0.29, 0.717) is 39.0 Å². The van der Waals surface area contributed by atoms with E-state index in [-0.39, 0.29) is 30.3 Å². The van der Waals surface area contributed by atoms with Crippen molar-refractivity contribution in [1.82, 2.24) is 19.1 Å². The minimum absolute atomic E-state index is 0.0783. The van der Waals surface area contributed by atoms with E-state index < -0.39 is 72.6 Å². The second kappa shape index (κ2) is 16.1. The van der Waals surface area contributed by atoms with Crippen molar-refractivity contribution in [3.63, 3.8) is 0 Å². The Morgan fingerprint density at radius 1 is 0.809 bits per heavy atom. The Bertz CT molecular complexity index is 1640. The summed E-state index contributed by atoms with van der Waals surface area (Å²) in [4.78, 5) is 54.9. The molecule has 47 heavy (non-hydrogen) atoms. The van der Waals surface area contributed by atoms with Gasteiger partial charge in [0.05, 0.1) is 42.7 Å². The lowest BCUT2D eigenvalue weighted by molar-refractivity contribution is -0.0425. The SMILES string of the molecule is COC[C@H]1O[C@@H](c2cn(CCCN)c(=O)[nH]c2=O)[C@@H](C)C1OP(C)(=O)OC[C@H]1O[C@@H](c2cn(CCCN)c(=O)[nH]c2=O)[C@@H](C)C1OC. The highest BCUT2D eigenvalue weighted by atomic mass is 31.2. The lowest BCUT2D eigenvalue weighted by atomic mass is 9.95. The van der Waals surface area contributed by atoms with E-state index in [1.165, 1.54) is 42.4 Å². The van der Waals surface area contributed by atoms with Gasteiger partial charge in [0.1, 0.15) is 18.3 Å². The van der Waals surface area contributed by atoms with Gasteiger partial charge in [-0.3, -0.25) is 24.1 Å². The van der Waals surface area contributed by atoms with Gasteiger partial charge in [-0.1, -0.05) is 13.8 Å². The number of hydrogen-bond donors (Lipinski definition) is 4. The van der Waals surface area contributed by atoms with E-state index in [9.17, 15) is 23.7 Å². The van der Waals surface area contributed by atoms with Gasteiger partial charge in [0.25, 0.3) is 11.1 Å². The predicted octanol–water partition coefficient (Wildman–Crippen LogP) is -0.177. The van der Waals surface area contributed by atoms with Crippen molar-refractivity contribution in [2.24, 2.45) is 23.3 Å². The summed E-state index contributed by atoms with van der Waals surface area (Å²) in [5.41, 5.74) is 9.40. The van der Waals surface area contributed by atoms with Crippen molar-refractivity contribution >= 4 is 7.60 Å². The second-order valence-electron chi connectivity index (χ2n) is 12.1. The highest BCUT2D eigenvalue weighted by Gasteiger charge is 2.48. The molecule has 17 nitrogen and oxygen atoms in total. The van der Waals surface area contributed by atoms with Crippen LogP contribution < -0.4 is 34.0 Å². The van der Waals surface area contributed by atoms with Gasteiger partial charge in [0, 0.05) is 58.2 Å². The molecule has 2 fully saturated rings. The molecule has 0 aromatic carbocycles. The Morgan fingerprint density at radius 2 is 1.28 bits per heavy atom. The molecule has 2 saturated heterocycles. The van der Waals surface area contributed by atoms with Crippen LogP contribution >= 0.6 is 7.60 Å². The number of aryl methyl sites for hydroxylation is 2. The molecule has 2 aromatic heterocycles. The highest BCUT2D eigenvalue weighted by Crippen LogP contribution is 2.52. The van der Waals surface area contributed by atoms with Crippen LogP contribution in [0.3, 0.4) is 0 Å². The van der Waals surface area contributed by atoms with Gasteiger partial charge in [-0.05, 0) is 25.9 Å². The third kappa shape index (κ3) is 8.47. The molecule has 0 amide bonds. The third-order valence-corrected chi connectivity index (χ3v) is 9.90. The molecule has 4 rings (SSSR count). The largest absolute Gasteiger partial charge is 0.382 e. The molecular formula is C29H47N6O11P. The Balaban J connectivity index is 1.49. The second-order valence-corrected chi connectivity index (χ2v) is 14.1. The summed E-state index contributed by atoms with van der Waals surface area (Å²) in [6, 6.07) is 0. The number of aromatic amines is 2. The standard InChI is InChI=1S/C29H47N6O11P/c1-16-22(18-12-34(10-6-8-30)28(38)32-26(18)36)45-21(24(16)42-4)15-43-47(5,40)46-25-17(2)23(44-20(25)14-41-3)19-13-35(11-7-9-31)29(39)33-27(19)37/h12-13,16-17,20-25H,6-11,14-15,30-31H2,1-5H3,(H,32,36,38)(H,33,37,39)/t16-,17-,20-,21-,22-,23-,24?,25?,47?/m1/s1. The number of ether oxygens (including phenoxy) is 4. The Morgan fingerprint density at radius 3 is 1.72 bits per heavy atom. The van der Waals surface area contributed by atoms with Crippen LogP contribution in [0.25, 0.3) is 0 Å². The van der Waals surface area contributed by atoms with E-state index in [0.717, 1.165) is 0 Å². The number of nitrogens with one attached hydrogen (secondary N) is 2. The Kier molecular flexibility index (Phi) is 12.7. The molecule has 9 atom stereocenters. The quantitative estimate of drug-likeness (QED) is 0.168. The molecule has 2 aliphatic heterocycles. The summed E-state index contributed by atoms with van der Waals surface area (Å²) in [7, 11) is -0.807. The predicted molar refractivity (Wildman–Crippen MR) is 171 cm³/mol. The van der Waals surface area contributed by atoms with E-state index in [2.05, 4.69) is 9.97 Å². The number of rotatable bonds is 16. The molecule has 0 aliphatic carbocycles. The summed E-state index contributed by atoms with van der Waals surface area (Å²) in [6.07, 6.45) is -0.289. The van der Waals surface area contributed by atoms with Gasteiger partial charge >= 0.3 is 19.0 Å². The van der Waals surface area contributed by atoms with Gasteiger partial charge in [0.15, 0.2) is 0 Å². The number of hydrogen-bond acceptors (Lipinski definition) is 13. The van der Waals surface area contributed by atoms with Crippen LogP contribution in [0.5, 0.6) is 0 Å². The smallest absolute Gasteiger partial charge is 0.328 e. The fourth-order valence-corrected chi connectivity index (χ4v) is 7.50. The molecule has 0 saturated carbocycles. The summed E-state index contributed by atoms with van der Waals surface area (Å²) >= 11 is 0. The number of nitrogens with two attached hydrogens (primary N) is 2. The van der Waals surface area contributed by atoms with Crippen molar-refractivity contribution in [3.05, 3.63) is 65.2 Å². The maximum Gasteiger partial charge on any atom is 0.328 e. The molecule has 0 radical (unpaired) electrons. The Labute approximate surface area is 271 Å². The van der Waals surface area contributed by atoms with E-state index in [1.54, 1.807) is 6.92 Å². The van der Waals surface area contributed by atoms with Crippen LogP contribution in [0, 0.1) is 11.8 Å². The zero-order valence-corrected chi connectivity index (χ0v) is 28.3. The van der Waals surface area contributed by atoms with Crippen LogP contribution in [-0.4, -0.2) is 90.7 Å². The van der Waals surface area contributed by atoms with Crippen LogP contribution in [-0.2, 0) is 45.6 Å². The summed E-state index contributed by atoms with van der Waals surface area (Å²) in [5, 5.41) is 0. The minimum atomic E-state index is -3.79. The summed E-state index contributed by atoms with van der Waals surface area (Å²) in [6.45, 7) is 6.25. The lowest BCUT2D eigenvalue weighted by Crippen LogP contribution is -2.34. The first kappa shape index (κ1) is 37.1. The monoisotopic (exact) mass is 686 g/mol. The Hall–Kier alpha value is -2.73.